The summed E-state index contributed by atoms with van der Waals surface area (Å²) in [6, 6.07) is 0. The molecule has 3 rings (SSSR count). The van der Waals surface area contributed by atoms with Crippen LogP contribution >= 0.6 is 0 Å². The number of nitrogens with zero attached hydrogens (tertiary/aromatic N) is 5. The molecular weight excluding hydrogens is 238 g/mol. The van der Waals surface area contributed by atoms with Crippen LogP contribution in [0.25, 0.3) is 5.82 Å². The molecule has 0 N–H and O–H groups in total. The molecule has 1 aliphatic carbocycles. The minimum atomic E-state index is 0.819. The molecular formula is C14H19N5. The van der Waals surface area contributed by atoms with Crippen LogP contribution < -0.4 is 4.90 Å². The van der Waals surface area contributed by atoms with Crippen LogP contribution in [0.1, 0.15) is 29.8 Å². The van der Waals surface area contributed by atoms with Gasteiger partial charge in [-0.3, -0.25) is 0 Å². The lowest BCUT2D eigenvalue weighted by atomic mass is 9.96. The highest BCUT2D eigenvalue weighted by molar-refractivity contribution is 5.52. The van der Waals surface area contributed by atoms with E-state index in [0.717, 1.165) is 24.5 Å². The number of anilines is 1. The van der Waals surface area contributed by atoms with Crippen molar-refractivity contribution in [3.63, 3.8) is 0 Å². The zero-order valence-corrected chi connectivity index (χ0v) is 11.7. The Balaban J connectivity index is 2.15. The second-order valence-electron chi connectivity index (χ2n) is 5.23. The number of hydrogen-bond acceptors (Lipinski definition) is 4. The minimum Gasteiger partial charge on any atom is -0.360 e. The Kier molecular flexibility index (Phi) is 2.97. The van der Waals surface area contributed by atoms with Gasteiger partial charge in [-0.05, 0) is 38.2 Å². The van der Waals surface area contributed by atoms with Crippen LogP contribution in [0, 0.1) is 6.92 Å². The van der Waals surface area contributed by atoms with E-state index in [0.29, 0.717) is 0 Å². The van der Waals surface area contributed by atoms with Gasteiger partial charge in [0.1, 0.15) is 0 Å². The lowest BCUT2D eigenvalue weighted by Crippen LogP contribution is -2.16. The third-order valence-corrected chi connectivity index (χ3v) is 3.70. The molecule has 0 radical (unpaired) electrons. The third kappa shape index (κ3) is 1.99. The van der Waals surface area contributed by atoms with E-state index >= 15 is 0 Å². The predicted octanol–water partition coefficient (Wildman–Crippen LogP) is 1.92. The van der Waals surface area contributed by atoms with Crippen LogP contribution in [0.5, 0.6) is 0 Å². The molecule has 2 aromatic rings. The van der Waals surface area contributed by atoms with Gasteiger partial charge in [-0.15, -0.1) is 0 Å². The van der Waals surface area contributed by atoms with E-state index in [1.165, 1.54) is 29.8 Å². The van der Waals surface area contributed by atoms with Crippen molar-refractivity contribution in [2.75, 3.05) is 19.0 Å². The summed E-state index contributed by atoms with van der Waals surface area (Å²) in [4.78, 5) is 10.8. The molecule has 0 unspecified atom stereocenters. The molecule has 0 aliphatic heterocycles. The van der Waals surface area contributed by atoms with Gasteiger partial charge in [0.05, 0.1) is 5.69 Å². The summed E-state index contributed by atoms with van der Waals surface area (Å²) >= 11 is 0. The summed E-state index contributed by atoms with van der Waals surface area (Å²) in [5.74, 6) is 1.67. The molecule has 100 valence electrons. The summed E-state index contributed by atoms with van der Waals surface area (Å²) in [6.07, 6.45) is 8.17. The van der Waals surface area contributed by atoms with Gasteiger partial charge in [-0.1, -0.05) is 0 Å². The first-order valence-electron chi connectivity index (χ1n) is 6.74. The third-order valence-electron chi connectivity index (χ3n) is 3.70. The fraction of sp³-hybridized carbons (Fsp3) is 0.500. The predicted molar refractivity (Wildman–Crippen MR) is 74.9 cm³/mol. The average molecular weight is 257 g/mol. The summed E-state index contributed by atoms with van der Waals surface area (Å²) in [5.41, 5.74) is 3.85. The fourth-order valence-electron chi connectivity index (χ4n) is 2.71. The lowest BCUT2D eigenvalue weighted by molar-refractivity contribution is 0.670. The smallest absolute Gasteiger partial charge is 0.197 e. The highest BCUT2D eigenvalue weighted by atomic mass is 15.3. The Hall–Kier alpha value is -1.91. The molecule has 5 nitrogen and oxygen atoms in total. The van der Waals surface area contributed by atoms with Crippen molar-refractivity contribution in [1.82, 2.24) is 19.7 Å². The minimum absolute atomic E-state index is 0.819. The fourth-order valence-corrected chi connectivity index (χ4v) is 2.71. The number of fused-ring (bicyclic) bond motifs is 1. The zero-order chi connectivity index (χ0) is 13.4. The normalized spacial score (nSPS) is 14.3. The standard InChI is InChI=1S/C14H19N5/c1-10-11-6-4-5-7-12(11)17-19(10)14-13(18(2)3)15-8-9-16-14/h8-9H,4-7H2,1-3H3. The zero-order valence-electron chi connectivity index (χ0n) is 11.7. The van der Waals surface area contributed by atoms with Crippen LogP contribution in [-0.2, 0) is 12.8 Å². The maximum absolute atomic E-state index is 4.75. The van der Waals surface area contributed by atoms with Gasteiger partial charge in [0.2, 0.25) is 0 Å². The molecule has 0 atom stereocenters. The largest absolute Gasteiger partial charge is 0.360 e. The molecule has 0 amide bonds. The van der Waals surface area contributed by atoms with Gasteiger partial charge in [0.15, 0.2) is 11.6 Å². The molecule has 1 aliphatic rings. The first-order valence-corrected chi connectivity index (χ1v) is 6.74. The first kappa shape index (κ1) is 12.1. The van der Waals surface area contributed by atoms with Gasteiger partial charge in [-0.2, -0.15) is 5.10 Å². The van der Waals surface area contributed by atoms with E-state index in [-0.39, 0.29) is 0 Å². The Morgan fingerprint density at radius 2 is 1.84 bits per heavy atom. The summed E-state index contributed by atoms with van der Waals surface area (Å²) in [5, 5.41) is 4.75. The Labute approximate surface area is 113 Å². The van der Waals surface area contributed by atoms with Gasteiger partial charge in [0, 0.05) is 32.2 Å². The van der Waals surface area contributed by atoms with Crippen LogP contribution in [0.3, 0.4) is 0 Å². The Bertz CT molecular complexity index is 600. The van der Waals surface area contributed by atoms with Crippen molar-refractivity contribution in [2.24, 2.45) is 0 Å². The second-order valence-corrected chi connectivity index (χ2v) is 5.23. The quantitative estimate of drug-likeness (QED) is 0.824. The number of rotatable bonds is 2. The molecule has 0 spiro atoms. The van der Waals surface area contributed by atoms with E-state index in [4.69, 9.17) is 5.10 Å². The van der Waals surface area contributed by atoms with Crippen molar-refractivity contribution >= 4 is 5.82 Å². The number of aryl methyl sites for hydroxylation is 1. The highest BCUT2D eigenvalue weighted by Crippen LogP contribution is 2.27. The SMILES string of the molecule is Cc1c2c(nn1-c1nccnc1N(C)C)CCCC2. The molecule has 19 heavy (non-hydrogen) atoms. The topological polar surface area (TPSA) is 46.8 Å². The second kappa shape index (κ2) is 4.64. The first-order chi connectivity index (χ1) is 9.18. The maximum Gasteiger partial charge on any atom is 0.197 e. The summed E-state index contributed by atoms with van der Waals surface area (Å²) in [7, 11) is 3.96. The maximum atomic E-state index is 4.75. The monoisotopic (exact) mass is 257 g/mol. The Morgan fingerprint density at radius 3 is 2.58 bits per heavy atom. The van der Waals surface area contributed by atoms with Crippen molar-refractivity contribution in [1.29, 1.82) is 0 Å². The van der Waals surface area contributed by atoms with E-state index in [9.17, 15) is 0 Å². The summed E-state index contributed by atoms with van der Waals surface area (Å²) < 4.78 is 1.96. The van der Waals surface area contributed by atoms with Crippen LogP contribution in [-0.4, -0.2) is 33.8 Å². The van der Waals surface area contributed by atoms with Crippen molar-refractivity contribution in [3.05, 3.63) is 29.3 Å². The highest BCUT2D eigenvalue weighted by Gasteiger charge is 2.21. The van der Waals surface area contributed by atoms with Gasteiger partial charge < -0.3 is 4.90 Å². The van der Waals surface area contributed by atoms with E-state index in [2.05, 4.69) is 16.9 Å². The number of aromatic nitrogens is 4. The van der Waals surface area contributed by atoms with Crippen LogP contribution in [0.15, 0.2) is 12.4 Å². The average Bonchev–Trinajstić information content (AvgIpc) is 2.76. The van der Waals surface area contributed by atoms with Crippen LogP contribution in [0.2, 0.25) is 0 Å². The van der Waals surface area contributed by atoms with Crippen molar-refractivity contribution in [2.45, 2.75) is 32.6 Å². The molecule has 0 aromatic carbocycles. The molecule has 0 saturated carbocycles. The summed E-state index contributed by atoms with van der Waals surface area (Å²) in [6.45, 7) is 2.13. The van der Waals surface area contributed by atoms with E-state index < -0.39 is 0 Å². The van der Waals surface area contributed by atoms with Gasteiger partial charge in [0.25, 0.3) is 0 Å². The van der Waals surface area contributed by atoms with Gasteiger partial charge in [-0.25, -0.2) is 14.6 Å². The van der Waals surface area contributed by atoms with Crippen LogP contribution in [0.4, 0.5) is 5.82 Å². The van der Waals surface area contributed by atoms with E-state index in [1.807, 2.05) is 23.7 Å². The molecule has 2 aromatic heterocycles. The number of hydrogen-bond donors (Lipinski definition) is 0. The molecule has 5 heteroatoms. The molecule has 0 fully saturated rings. The lowest BCUT2D eigenvalue weighted by Gasteiger charge is -2.15. The molecule has 0 bridgehead atoms. The Morgan fingerprint density at radius 1 is 1.11 bits per heavy atom. The van der Waals surface area contributed by atoms with Crippen molar-refractivity contribution in [3.8, 4) is 5.82 Å². The molecule has 2 heterocycles. The van der Waals surface area contributed by atoms with E-state index in [1.54, 1.807) is 12.4 Å². The van der Waals surface area contributed by atoms with Crippen molar-refractivity contribution < 1.29 is 0 Å². The van der Waals surface area contributed by atoms with Gasteiger partial charge >= 0.3 is 0 Å². The molecule has 0 saturated heterocycles.